The maximum atomic E-state index is 5.01. The highest BCUT2D eigenvalue weighted by Crippen LogP contribution is 1.90. The molecule has 0 aliphatic heterocycles. The summed E-state index contributed by atoms with van der Waals surface area (Å²) in [5.74, 6) is 0.877. The van der Waals surface area contributed by atoms with Crippen molar-refractivity contribution in [2.24, 2.45) is 4.99 Å². The molecule has 0 atom stereocenters. The van der Waals surface area contributed by atoms with E-state index in [9.17, 15) is 0 Å². The average molecular weight is 258 g/mol. The van der Waals surface area contributed by atoms with E-state index < -0.39 is 0 Å². The Balaban J connectivity index is 3.96. The number of ether oxygens (including phenoxy) is 1. The van der Waals surface area contributed by atoms with Crippen molar-refractivity contribution in [1.29, 1.82) is 0 Å². The maximum Gasteiger partial charge on any atom is 0.191 e. The summed E-state index contributed by atoms with van der Waals surface area (Å²) in [5.41, 5.74) is 0. The molecule has 2 N–H and O–H groups in total. The summed E-state index contributed by atoms with van der Waals surface area (Å²) >= 11 is 0. The fourth-order valence-corrected chi connectivity index (χ4v) is 1.66. The monoisotopic (exact) mass is 258 g/mol. The number of likely N-dealkylation sites (N-methyl/N-ethyl adjacent to an activating group) is 1. The molecule has 0 rings (SSSR count). The molecule has 0 saturated heterocycles. The normalized spacial score (nSPS) is 11.9. The molecule has 0 radical (unpaired) electrons. The Morgan fingerprint density at radius 1 is 1.17 bits per heavy atom. The van der Waals surface area contributed by atoms with E-state index >= 15 is 0 Å². The molecule has 0 aliphatic rings. The first-order valence-electron chi connectivity index (χ1n) is 7.01. The minimum absolute atomic E-state index is 0.696. The molecule has 0 aromatic heterocycles. The highest BCUT2D eigenvalue weighted by atomic mass is 16.5. The number of methoxy groups -OCH3 is 1. The van der Waals surface area contributed by atoms with E-state index in [1.165, 1.54) is 6.42 Å². The summed E-state index contributed by atoms with van der Waals surface area (Å²) in [7, 11) is 1.70. The SMILES string of the molecule is CCCN(CC)CCN=C(NCC)NCCOC. The third-order valence-electron chi connectivity index (χ3n) is 2.62. The van der Waals surface area contributed by atoms with Gasteiger partial charge in [0, 0.05) is 26.7 Å². The highest BCUT2D eigenvalue weighted by molar-refractivity contribution is 5.79. The molecule has 18 heavy (non-hydrogen) atoms. The zero-order valence-electron chi connectivity index (χ0n) is 12.5. The highest BCUT2D eigenvalue weighted by Gasteiger charge is 2.00. The predicted octanol–water partition coefficient (Wildman–Crippen LogP) is 0.920. The molecule has 0 spiro atoms. The first kappa shape index (κ1) is 17.2. The molecule has 0 aromatic rings. The summed E-state index contributed by atoms with van der Waals surface area (Å²) in [6.45, 7) is 12.9. The minimum atomic E-state index is 0.696. The van der Waals surface area contributed by atoms with Crippen LogP contribution in [0.4, 0.5) is 0 Å². The van der Waals surface area contributed by atoms with Gasteiger partial charge in [0.15, 0.2) is 5.96 Å². The van der Waals surface area contributed by atoms with Crippen LogP contribution < -0.4 is 10.6 Å². The van der Waals surface area contributed by atoms with Gasteiger partial charge in [0.2, 0.25) is 0 Å². The van der Waals surface area contributed by atoms with E-state index in [1.54, 1.807) is 7.11 Å². The van der Waals surface area contributed by atoms with Gasteiger partial charge in [-0.2, -0.15) is 0 Å². The Labute approximate surface area is 112 Å². The molecule has 5 nitrogen and oxygen atoms in total. The number of rotatable bonds is 10. The second-order valence-electron chi connectivity index (χ2n) is 4.11. The van der Waals surface area contributed by atoms with Crippen LogP contribution in [0.3, 0.4) is 0 Å². The van der Waals surface area contributed by atoms with Crippen molar-refractivity contribution in [3.63, 3.8) is 0 Å². The second kappa shape index (κ2) is 12.6. The zero-order valence-corrected chi connectivity index (χ0v) is 12.5. The lowest BCUT2D eigenvalue weighted by atomic mass is 10.4. The zero-order chi connectivity index (χ0) is 13.6. The Morgan fingerprint density at radius 2 is 1.94 bits per heavy atom. The van der Waals surface area contributed by atoms with Gasteiger partial charge in [-0.25, -0.2) is 0 Å². The van der Waals surface area contributed by atoms with E-state index in [1.807, 2.05) is 0 Å². The minimum Gasteiger partial charge on any atom is -0.383 e. The molecule has 0 fully saturated rings. The van der Waals surface area contributed by atoms with Crippen LogP contribution in [0.15, 0.2) is 4.99 Å². The fourth-order valence-electron chi connectivity index (χ4n) is 1.66. The van der Waals surface area contributed by atoms with Gasteiger partial charge in [0.25, 0.3) is 0 Å². The van der Waals surface area contributed by atoms with Crippen molar-refractivity contribution in [3.8, 4) is 0 Å². The predicted molar refractivity (Wildman–Crippen MR) is 78.3 cm³/mol. The van der Waals surface area contributed by atoms with Gasteiger partial charge in [-0.1, -0.05) is 13.8 Å². The van der Waals surface area contributed by atoms with E-state index in [4.69, 9.17) is 4.74 Å². The lowest BCUT2D eigenvalue weighted by Gasteiger charge is -2.18. The molecule has 0 amide bonds. The van der Waals surface area contributed by atoms with E-state index in [2.05, 4.69) is 41.3 Å². The van der Waals surface area contributed by atoms with Gasteiger partial charge in [-0.3, -0.25) is 4.99 Å². The van der Waals surface area contributed by atoms with Crippen molar-refractivity contribution in [2.75, 3.05) is 53.0 Å². The fraction of sp³-hybridized carbons (Fsp3) is 0.923. The summed E-state index contributed by atoms with van der Waals surface area (Å²) in [6.07, 6.45) is 1.20. The second-order valence-corrected chi connectivity index (χ2v) is 4.11. The van der Waals surface area contributed by atoms with E-state index in [0.29, 0.717) is 6.61 Å². The summed E-state index contributed by atoms with van der Waals surface area (Å²) < 4.78 is 5.01. The largest absolute Gasteiger partial charge is 0.383 e. The average Bonchev–Trinajstić information content (AvgIpc) is 2.38. The Morgan fingerprint density at radius 3 is 2.50 bits per heavy atom. The molecule has 5 heteroatoms. The van der Waals surface area contributed by atoms with Crippen LogP contribution in [0.25, 0.3) is 0 Å². The van der Waals surface area contributed by atoms with Crippen LogP contribution in [-0.2, 0) is 4.74 Å². The maximum absolute atomic E-state index is 5.01. The topological polar surface area (TPSA) is 48.9 Å². The molecule has 0 aromatic carbocycles. The molecule has 0 aliphatic carbocycles. The van der Waals surface area contributed by atoms with Gasteiger partial charge in [-0.05, 0) is 26.4 Å². The Hall–Kier alpha value is -0.810. The van der Waals surface area contributed by atoms with Crippen LogP contribution in [-0.4, -0.2) is 63.8 Å². The number of nitrogens with one attached hydrogen (secondary N) is 2. The first-order valence-corrected chi connectivity index (χ1v) is 7.01. The van der Waals surface area contributed by atoms with Crippen molar-refractivity contribution >= 4 is 5.96 Å². The van der Waals surface area contributed by atoms with Gasteiger partial charge in [0.1, 0.15) is 0 Å². The third kappa shape index (κ3) is 9.24. The lowest BCUT2D eigenvalue weighted by molar-refractivity contribution is 0.203. The molecule has 0 heterocycles. The first-order chi connectivity index (χ1) is 8.78. The van der Waals surface area contributed by atoms with Gasteiger partial charge >= 0.3 is 0 Å². The van der Waals surface area contributed by atoms with Crippen molar-refractivity contribution in [1.82, 2.24) is 15.5 Å². The van der Waals surface area contributed by atoms with Gasteiger partial charge in [0.05, 0.1) is 13.2 Å². The lowest BCUT2D eigenvalue weighted by Crippen LogP contribution is -2.39. The standard InChI is InChI=1S/C13H30N4O/c1-5-10-17(7-3)11-8-15-13(14-6-2)16-9-12-18-4/h5-12H2,1-4H3,(H2,14,15,16). The number of nitrogens with zero attached hydrogens (tertiary/aromatic N) is 2. The summed E-state index contributed by atoms with van der Waals surface area (Å²) in [6, 6.07) is 0. The summed E-state index contributed by atoms with van der Waals surface area (Å²) in [4.78, 5) is 6.97. The molecule has 0 bridgehead atoms. The molecule has 0 unspecified atom stereocenters. The van der Waals surface area contributed by atoms with E-state index in [-0.39, 0.29) is 0 Å². The number of hydrogen-bond acceptors (Lipinski definition) is 3. The Kier molecular flexibility index (Phi) is 12.1. The third-order valence-corrected chi connectivity index (χ3v) is 2.62. The van der Waals surface area contributed by atoms with Crippen LogP contribution in [0.1, 0.15) is 27.2 Å². The number of hydrogen-bond donors (Lipinski definition) is 2. The van der Waals surface area contributed by atoms with Crippen LogP contribution in [0.2, 0.25) is 0 Å². The molecule has 0 saturated carbocycles. The van der Waals surface area contributed by atoms with Crippen molar-refractivity contribution < 1.29 is 4.74 Å². The molecule has 108 valence electrons. The number of guanidine groups is 1. The van der Waals surface area contributed by atoms with Crippen LogP contribution in [0, 0.1) is 0 Å². The quantitative estimate of drug-likeness (QED) is 0.347. The van der Waals surface area contributed by atoms with Crippen LogP contribution >= 0.6 is 0 Å². The summed E-state index contributed by atoms with van der Waals surface area (Å²) in [5, 5.41) is 6.47. The van der Waals surface area contributed by atoms with Gasteiger partial charge in [-0.15, -0.1) is 0 Å². The van der Waals surface area contributed by atoms with Gasteiger partial charge < -0.3 is 20.3 Å². The Bertz CT molecular complexity index is 209. The smallest absolute Gasteiger partial charge is 0.191 e. The van der Waals surface area contributed by atoms with Crippen molar-refractivity contribution in [3.05, 3.63) is 0 Å². The van der Waals surface area contributed by atoms with Crippen molar-refractivity contribution in [2.45, 2.75) is 27.2 Å². The van der Waals surface area contributed by atoms with Crippen LogP contribution in [0.5, 0.6) is 0 Å². The number of aliphatic imine (C=N–C) groups is 1. The molecular weight excluding hydrogens is 228 g/mol. The molecular formula is C13H30N4O. The van der Waals surface area contributed by atoms with E-state index in [0.717, 1.165) is 45.2 Å².